The second-order valence-electron chi connectivity index (χ2n) is 6.03. The van der Waals surface area contributed by atoms with Crippen LogP contribution in [-0.2, 0) is 9.59 Å². The van der Waals surface area contributed by atoms with Gasteiger partial charge in [-0.1, -0.05) is 53.2 Å². The number of hydrogen-bond acceptors (Lipinski definition) is 5. The maximum Gasteiger partial charge on any atom is 0.244 e. The van der Waals surface area contributed by atoms with Gasteiger partial charge < -0.3 is 10.2 Å². The molecular weight excluding hydrogens is 433 g/mol. The molecule has 150 valence electrons. The summed E-state index contributed by atoms with van der Waals surface area (Å²) in [6.07, 6.45) is 1.55. The van der Waals surface area contributed by atoms with Gasteiger partial charge in [0.2, 0.25) is 11.8 Å². The van der Waals surface area contributed by atoms with Crippen LogP contribution in [0.15, 0.2) is 60.0 Å². The monoisotopic (exact) mass is 449 g/mol. The largest absolute Gasteiger partial charge is 0.336 e. The Balaban J connectivity index is 1.55. The first kappa shape index (κ1) is 21.2. The Hall–Kier alpha value is -2.55. The van der Waals surface area contributed by atoms with E-state index in [1.807, 2.05) is 12.1 Å². The zero-order valence-electron chi connectivity index (χ0n) is 15.4. The molecule has 10 heteroatoms. The molecule has 0 atom stereocenters. The maximum absolute atomic E-state index is 12.4. The second kappa shape index (κ2) is 9.78. The van der Waals surface area contributed by atoms with Crippen LogP contribution in [0.4, 0.5) is 5.69 Å². The third-order valence-electron chi connectivity index (χ3n) is 3.88. The van der Waals surface area contributed by atoms with Crippen LogP contribution in [0.5, 0.6) is 0 Å². The lowest BCUT2D eigenvalue weighted by molar-refractivity contribution is -0.131. The van der Waals surface area contributed by atoms with Gasteiger partial charge in [-0.3, -0.25) is 14.2 Å². The van der Waals surface area contributed by atoms with Gasteiger partial charge in [0.25, 0.3) is 0 Å². The van der Waals surface area contributed by atoms with Crippen molar-refractivity contribution in [3.8, 4) is 5.69 Å². The minimum atomic E-state index is -0.332. The number of aromatic nitrogens is 3. The van der Waals surface area contributed by atoms with E-state index in [-0.39, 0.29) is 24.1 Å². The van der Waals surface area contributed by atoms with Crippen molar-refractivity contribution in [2.45, 2.75) is 5.16 Å². The molecule has 1 heterocycles. The van der Waals surface area contributed by atoms with Gasteiger partial charge >= 0.3 is 0 Å². The Bertz CT molecular complexity index is 1030. The summed E-state index contributed by atoms with van der Waals surface area (Å²) < 4.78 is 1.74. The van der Waals surface area contributed by atoms with Gasteiger partial charge in [0, 0.05) is 12.1 Å². The predicted molar refractivity (Wildman–Crippen MR) is 115 cm³/mol. The molecule has 0 bridgehead atoms. The van der Waals surface area contributed by atoms with E-state index in [1.54, 1.807) is 54.3 Å². The highest BCUT2D eigenvalue weighted by molar-refractivity contribution is 7.99. The Labute approximate surface area is 182 Å². The van der Waals surface area contributed by atoms with Crippen molar-refractivity contribution in [3.63, 3.8) is 0 Å². The van der Waals surface area contributed by atoms with Gasteiger partial charge in [-0.05, 0) is 30.3 Å². The lowest BCUT2D eigenvalue weighted by atomic mass is 10.3. The van der Waals surface area contributed by atoms with Crippen molar-refractivity contribution in [1.82, 2.24) is 19.7 Å². The summed E-state index contributed by atoms with van der Waals surface area (Å²) >= 11 is 13.3. The van der Waals surface area contributed by atoms with Crippen molar-refractivity contribution < 1.29 is 9.59 Å². The number of thioether (sulfide) groups is 1. The van der Waals surface area contributed by atoms with Crippen molar-refractivity contribution in [2.75, 3.05) is 24.7 Å². The second-order valence-corrected chi connectivity index (χ2v) is 7.82. The first-order valence-corrected chi connectivity index (χ1v) is 10.3. The molecule has 0 unspecified atom stereocenters. The lowest BCUT2D eigenvalue weighted by Crippen LogP contribution is -2.36. The summed E-state index contributed by atoms with van der Waals surface area (Å²) in [6.45, 7) is -0.0917. The Kier molecular flexibility index (Phi) is 7.13. The zero-order valence-corrected chi connectivity index (χ0v) is 17.7. The van der Waals surface area contributed by atoms with Gasteiger partial charge in [0.15, 0.2) is 5.16 Å². The van der Waals surface area contributed by atoms with Crippen molar-refractivity contribution in [1.29, 1.82) is 0 Å². The molecule has 0 aliphatic heterocycles. The van der Waals surface area contributed by atoms with Crippen molar-refractivity contribution >= 4 is 52.5 Å². The SMILES string of the molecule is CN(CC(=O)Nc1ccccc1Cl)C(=O)CSc1nncn1-c1cccc(Cl)c1. The number of benzene rings is 2. The highest BCUT2D eigenvalue weighted by Crippen LogP contribution is 2.22. The van der Waals surface area contributed by atoms with E-state index >= 15 is 0 Å². The van der Waals surface area contributed by atoms with Crippen LogP contribution < -0.4 is 5.32 Å². The fourth-order valence-corrected chi connectivity index (χ4v) is 3.66. The fourth-order valence-electron chi connectivity index (χ4n) is 2.42. The minimum Gasteiger partial charge on any atom is -0.336 e. The molecule has 1 aromatic heterocycles. The summed E-state index contributed by atoms with van der Waals surface area (Å²) in [6, 6.07) is 14.2. The van der Waals surface area contributed by atoms with Crippen LogP contribution in [-0.4, -0.2) is 50.8 Å². The van der Waals surface area contributed by atoms with Crippen LogP contribution in [0.2, 0.25) is 10.0 Å². The standard InChI is InChI=1S/C19H17Cl2N5O2S/c1-25(10-17(27)23-16-8-3-2-7-15(16)21)18(28)11-29-19-24-22-12-26(19)14-6-4-5-13(20)9-14/h2-9,12H,10-11H2,1H3,(H,23,27). The van der Waals surface area contributed by atoms with Gasteiger partial charge in [-0.25, -0.2) is 0 Å². The summed E-state index contributed by atoms with van der Waals surface area (Å²) in [7, 11) is 1.57. The molecule has 0 saturated carbocycles. The third-order valence-corrected chi connectivity index (χ3v) is 5.37. The summed E-state index contributed by atoms with van der Waals surface area (Å²) in [5.41, 5.74) is 1.30. The number of likely N-dealkylation sites (N-methyl/N-ethyl adjacent to an activating group) is 1. The fraction of sp³-hybridized carbons (Fsp3) is 0.158. The number of nitrogens with zero attached hydrogens (tertiary/aromatic N) is 4. The maximum atomic E-state index is 12.4. The average Bonchev–Trinajstić information content (AvgIpc) is 3.16. The average molecular weight is 450 g/mol. The van der Waals surface area contributed by atoms with E-state index in [1.165, 1.54) is 16.7 Å². The summed E-state index contributed by atoms with van der Waals surface area (Å²) in [5.74, 6) is -0.444. The minimum absolute atomic E-state index is 0.0917. The van der Waals surface area contributed by atoms with Crippen LogP contribution in [0.3, 0.4) is 0 Å². The van der Waals surface area contributed by atoms with Gasteiger partial charge in [-0.2, -0.15) is 0 Å². The number of para-hydroxylation sites is 1. The first-order chi connectivity index (χ1) is 13.9. The van der Waals surface area contributed by atoms with Gasteiger partial charge in [0.1, 0.15) is 6.33 Å². The Morgan fingerprint density at radius 2 is 1.97 bits per heavy atom. The molecule has 7 nitrogen and oxygen atoms in total. The Morgan fingerprint density at radius 1 is 1.17 bits per heavy atom. The predicted octanol–water partition coefficient (Wildman–Crippen LogP) is 3.76. The number of carbonyl (C=O) groups is 2. The molecule has 2 aromatic carbocycles. The van der Waals surface area contributed by atoms with E-state index in [2.05, 4.69) is 15.5 Å². The van der Waals surface area contributed by atoms with Crippen LogP contribution in [0, 0.1) is 0 Å². The highest BCUT2D eigenvalue weighted by atomic mass is 35.5. The molecule has 0 fully saturated rings. The molecule has 3 aromatic rings. The van der Waals surface area contributed by atoms with Crippen LogP contribution >= 0.6 is 35.0 Å². The van der Waals surface area contributed by atoms with E-state index < -0.39 is 0 Å². The molecule has 2 amide bonds. The zero-order chi connectivity index (χ0) is 20.8. The quantitative estimate of drug-likeness (QED) is 0.555. The lowest BCUT2D eigenvalue weighted by Gasteiger charge is -2.17. The molecular formula is C19H17Cl2N5O2S. The van der Waals surface area contributed by atoms with E-state index in [4.69, 9.17) is 23.2 Å². The van der Waals surface area contributed by atoms with Gasteiger partial charge in [0.05, 0.1) is 28.7 Å². The topological polar surface area (TPSA) is 80.1 Å². The normalized spacial score (nSPS) is 10.6. The van der Waals surface area contributed by atoms with Crippen LogP contribution in [0.1, 0.15) is 0 Å². The number of halogens is 2. The number of carbonyl (C=O) groups excluding carboxylic acids is 2. The van der Waals surface area contributed by atoms with E-state index in [0.29, 0.717) is 20.9 Å². The Morgan fingerprint density at radius 3 is 2.72 bits per heavy atom. The molecule has 0 saturated heterocycles. The van der Waals surface area contributed by atoms with E-state index in [9.17, 15) is 9.59 Å². The third kappa shape index (κ3) is 5.72. The smallest absolute Gasteiger partial charge is 0.244 e. The molecule has 3 rings (SSSR count). The van der Waals surface area contributed by atoms with Gasteiger partial charge in [-0.15, -0.1) is 10.2 Å². The van der Waals surface area contributed by atoms with Crippen molar-refractivity contribution in [3.05, 3.63) is 64.9 Å². The number of hydrogen-bond donors (Lipinski definition) is 1. The van der Waals surface area contributed by atoms with Crippen LogP contribution in [0.25, 0.3) is 5.69 Å². The molecule has 0 aliphatic carbocycles. The highest BCUT2D eigenvalue weighted by Gasteiger charge is 2.16. The van der Waals surface area contributed by atoms with E-state index in [0.717, 1.165) is 5.69 Å². The summed E-state index contributed by atoms with van der Waals surface area (Å²) in [5, 5.41) is 12.2. The molecule has 0 spiro atoms. The molecule has 0 aliphatic rings. The number of amides is 2. The molecule has 1 N–H and O–H groups in total. The number of anilines is 1. The number of nitrogens with one attached hydrogen (secondary N) is 1. The number of rotatable bonds is 7. The van der Waals surface area contributed by atoms with Crippen molar-refractivity contribution in [2.24, 2.45) is 0 Å². The summed E-state index contributed by atoms with van der Waals surface area (Å²) in [4.78, 5) is 25.9. The molecule has 0 radical (unpaired) electrons. The first-order valence-electron chi connectivity index (χ1n) is 8.51. The molecule has 29 heavy (non-hydrogen) atoms.